The summed E-state index contributed by atoms with van der Waals surface area (Å²) in [5.41, 5.74) is 0. The minimum Gasteiger partial charge on any atom is -0.486 e. The smallest absolute Gasteiger partial charge is 0.245 e. The Bertz CT molecular complexity index is 882. The van der Waals surface area contributed by atoms with Gasteiger partial charge in [-0.05, 0) is 18.1 Å². The van der Waals surface area contributed by atoms with Gasteiger partial charge < -0.3 is 9.47 Å². The lowest BCUT2D eigenvalue weighted by Crippen LogP contribution is -2.47. The van der Waals surface area contributed by atoms with Gasteiger partial charge in [-0.2, -0.15) is 14.8 Å². The van der Waals surface area contributed by atoms with Crippen molar-refractivity contribution in [3.8, 4) is 11.5 Å². The number of H-pyrrole nitrogens is 1. The molecule has 2 aromatic rings. The van der Waals surface area contributed by atoms with Crippen LogP contribution in [0.1, 0.15) is 13.8 Å². The first-order valence-electron chi connectivity index (χ1n) is 7.95. The van der Waals surface area contributed by atoms with Crippen LogP contribution in [0.25, 0.3) is 0 Å². The second-order valence-corrected chi connectivity index (χ2v) is 7.69. The highest BCUT2D eigenvalue weighted by Gasteiger charge is 2.29. The molecule has 0 saturated heterocycles. The fourth-order valence-electron chi connectivity index (χ4n) is 2.38. The zero-order chi connectivity index (χ0) is 18.7. The van der Waals surface area contributed by atoms with Gasteiger partial charge in [0.1, 0.15) is 25.6 Å². The number of aromatic amines is 1. The molecule has 0 radical (unpaired) electrons. The average Bonchev–Trinajstić information content (AvgIpc) is 3.12. The van der Waals surface area contributed by atoms with Crippen molar-refractivity contribution in [3.63, 3.8) is 0 Å². The van der Waals surface area contributed by atoms with Crippen LogP contribution < -0.4 is 19.5 Å². The Labute approximate surface area is 150 Å². The van der Waals surface area contributed by atoms with E-state index in [2.05, 4.69) is 25.2 Å². The molecule has 0 saturated carbocycles. The number of amides is 1. The van der Waals surface area contributed by atoms with E-state index in [0.29, 0.717) is 24.7 Å². The quantitative estimate of drug-likeness (QED) is 0.664. The van der Waals surface area contributed by atoms with Gasteiger partial charge in [-0.15, -0.1) is 0 Å². The van der Waals surface area contributed by atoms with Crippen molar-refractivity contribution in [3.05, 3.63) is 24.5 Å². The van der Waals surface area contributed by atoms with Gasteiger partial charge in [-0.25, -0.2) is 13.5 Å². The summed E-state index contributed by atoms with van der Waals surface area (Å²) >= 11 is 0. The van der Waals surface area contributed by atoms with Crippen LogP contribution in [0.2, 0.25) is 0 Å². The van der Waals surface area contributed by atoms with Gasteiger partial charge in [0.15, 0.2) is 11.5 Å². The summed E-state index contributed by atoms with van der Waals surface area (Å²) in [7, 11) is -3.95. The fraction of sp³-hybridized carbons (Fsp3) is 0.400. The summed E-state index contributed by atoms with van der Waals surface area (Å²) in [4.78, 5) is 16.2. The molecule has 3 N–H and O–H groups in total. The summed E-state index contributed by atoms with van der Waals surface area (Å²) in [5.74, 6) is 0.131. The first-order valence-corrected chi connectivity index (χ1v) is 9.43. The van der Waals surface area contributed by atoms with E-state index in [-0.39, 0.29) is 16.8 Å². The molecule has 10 nitrogen and oxygen atoms in total. The fourth-order valence-corrected chi connectivity index (χ4v) is 3.74. The number of carbonyl (C=O) groups is 1. The number of nitrogens with zero attached hydrogens (tertiary/aromatic N) is 2. The molecule has 26 heavy (non-hydrogen) atoms. The molecule has 1 aromatic carbocycles. The van der Waals surface area contributed by atoms with Crippen molar-refractivity contribution >= 4 is 21.9 Å². The lowest BCUT2D eigenvalue weighted by atomic mass is 10.1. The van der Waals surface area contributed by atoms with E-state index < -0.39 is 22.0 Å². The largest absolute Gasteiger partial charge is 0.486 e. The maximum atomic E-state index is 12.7. The summed E-state index contributed by atoms with van der Waals surface area (Å²) in [6.07, 6.45) is 1.24. The van der Waals surface area contributed by atoms with Crippen LogP contribution in [0, 0.1) is 5.92 Å². The van der Waals surface area contributed by atoms with Crippen LogP contribution in [0.15, 0.2) is 29.4 Å². The molecule has 1 atom stereocenters. The maximum absolute atomic E-state index is 12.7. The summed E-state index contributed by atoms with van der Waals surface area (Å²) in [5, 5.41) is 8.60. The van der Waals surface area contributed by atoms with Crippen molar-refractivity contribution in [2.45, 2.75) is 24.8 Å². The predicted octanol–water partition coefficient (Wildman–Crippen LogP) is 0.517. The third-order valence-electron chi connectivity index (χ3n) is 3.71. The number of benzene rings is 1. The highest BCUT2D eigenvalue weighted by molar-refractivity contribution is 7.89. The van der Waals surface area contributed by atoms with E-state index in [1.165, 1.54) is 24.5 Å². The number of fused-ring (bicyclic) bond motifs is 1. The second kappa shape index (κ2) is 7.30. The molecular weight excluding hydrogens is 362 g/mol. The number of ether oxygens (including phenoxy) is 2. The number of rotatable bonds is 6. The van der Waals surface area contributed by atoms with E-state index in [4.69, 9.17) is 9.47 Å². The van der Waals surface area contributed by atoms with Crippen molar-refractivity contribution in [1.82, 2.24) is 19.9 Å². The van der Waals surface area contributed by atoms with E-state index in [1.807, 2.05) is 0 Å². The van der Waals surface area contributed by atoms with Crippen LogP contribution in [0.4, 0.5) is 5.95 Å². The number of anilines is 1. The third-order valence-corrected chi connectivity index (χ3v) is 5.15. The molecule has 3 rings (SSSR count). The lowest BCUT2D eigenvalue weighted by molar-refractivity contribution is -0.118. The van der Waals surface area contributed by atoms with Gasteiger partial charge in [0.05, 0.1) is 4.90 Å². The van der Waals surface area contributed by atoms with E-state index >= 15 is 0 Å². The molecule has 0 bridgehead atoms. The Kier molecular flexibility index (Phi) is 5.09. The number of sulfonamides is 1. The predicted molar refractivity (Wildman–Crippen MR) is 91.4 cm³/mol. The molecule has 1 aromatic heterocycles. The van der Waals surface area contributed by atoms with E-state index in [0.717, 1.165) is 0 Å². The van der Waals surface area contributed by atoms with Gasteiger partial charge in [-0.1, -0.05) is 13.8 Å². The Balaban J connectivity index is 1.80. The first-order chi connectivity index (χ1) is 12.4. The molecule has 1 unspecified atom stereocenters. The maximum Gasteiger partial charge on any atom is 0.245 e. The van der Waals surface area contributed by atoms with Crippen LogP contribution in [0.3, 0.4) is 0 Å². The standard InChI is InChI=1S/C15H19N5O5S/c1-9(2)13(14(21)18-15-16-8-17-19-15)20-26(22,23)10-3-4-11-12(7-10)25-6-5-24-11/h3-4,7-9,13,20H,5-6H2,1-2H3,(H2,16,17,18,19,21). The molecule has 11 heteroatoms. The average molecular weight is 381 g/mol. The molecule has 0 fully saturated rings. The molecular formula is C15H19N5O5S. The minimum atomic E-state index is -3.95. The zero-order valence-corrected chi connectivity index (χ0v) is 15.0. The summed E-state index contributed by atoms with van der Waals surface area (Å²) in [6.45, 7) is 4.22. The van der Waals surface area contributed by atoms with Crippen molar-refractivity contribution in [1.29, 1.82) is 0 Å². The monoisotopic (exact) mass is 381 g/mol. The number of hydrogen-bond donors (Lipinski definition) is 3. The van der Waals surface area contributed by atoms with Crippen LogP contribution in [0.5, 0.6) is 11.5 Å². The van der Waals surface area contributed by atoms with Crippen molar-refractivity contribution in [2.24, 2.45) is 5.92 Å². The molecule has 140 valence electrons. The van der Waals surface area contributed by atoms with E-state index in [1.54, 1.807) is 13.8 Å². The molecule has 1 amide bonds. The van der Waals surface area contributed by atoms with Crippen LogP contribution >= 0.6 is 0 Å². The molecule has 1 aliphatic rings. The van der Waals surface area contributed by atoms with Gasteiger partial charge in [0, 0.05) is 6.07 Å². The molecule has 0 spiro atoms. The molecule has 0 aliphatic carbocycles. The van der Waals surface area contributed by atoms with Gasteiger partial charge in [-0.3, -0.25) is 10.1 Å². The van der Waals surface area contributed by atoms with Crippen molar-refractivity contribution in [2.75, 3.05) is 18.5 Å². The third kappa shape index (κ3) is 3.94. The normalized spacial score (nSPS) is 14.9. The zero-order valence-electron chi connectivity index (χ0n) is 14.2. The Hall–Kier alpha value is -2.66. The topological polar surface area (TPSA) is 135 Å². The number of nitrogens with one attached hydrogen (secondary N) is 3. The van der Waals surface area contributed by atoms with Gasteiger partial charge in [0.2, 0.25) is 21.9 Å². The second-order valence-electron chi connectivity index (χ2n) is 5.97. The lowest BCUT2D eigenvalue weighted by Gasteiger charge is -2.22. The van der Waals surface area contributed by atoms with Crippen molar-refractivity contribution < 1.29 is 22.7 Å². The van der Waals surface area contributed by atoms with Crippen LogP contribution in [-0.4, -0.2) is 48.8 Å². The molecule has 2 heterocycles. The number of aromatic nitrogens is 3. The highest BCUT2D eigenvalue weighted by Crippen LogP contribution is 2.32. The summed E-state index contributed by atoms with van der Waals surface area (Å²) < 4.78 is 38.7. The molecule has 1 aliphatic heterocycles. The SMILES string of the molecule is CC(C)C(NS(=O)(=O)c1ccc2c(c1)OCCO2)C(=O)Nc1ncn[nH]1. The van der Waals surface area contributed by atoms with Gasteiger partial charge in [0.25, 0.3) is 0 Å². The number of carbonyl (C=O) groups excluding carboxylic acids is 1. The summed E-state index contributed by atoms with van der Waals surface area (Å²) in [6, 6.07) is 3.31. The number of hydrogen-bond acceptors (Lipinski definition) is 7. The first kappa shape index (κ1) is 18.1. The Morgan fingerprint density at radius 2 is 1.96 bits per heavy atom. The minimum absolute atomic E-state index is 0.0140. The van der Waals surface area contributed by atoms with E-state index in [9.17, 15) is 13.2 Å². The van der Waals surface area contributed by atoms with Crippen LogP contribution in [-0.2, 0) is 14.8 Å². The Morgan fingerprint density at radius 1 is 1.23 bits per heavy atom. The Morgan fingerprint density at radius 3 is 2.62 bits per heavy atom. The highest BCUT2D eigenvalue weighted by atomic mass is 32.2. The van der Waals surface area contributed by atoms with Gasteiger partial charge >= 0.3 is 0 Å².